The fourth-order valence-electron chi connectivity index (χ4n) is 2.15. The molecule has 19 heavy (non-hydrogen) atoms. The number of nitrogen functional groups attached to an aromatic ring is 1. The van der Waals surface area contributed by atoms with Gasteiger partial charge < -0.3 is 5.73 Å². The van der Waals surface area contributed by atoms with Gasteiger partial charge in [-0.3, -0.25) is 0 Å². The summed E-state index contributed by atoms with van der Waals surface area (Å²) in [6.07, 6.45) is 1.72. The number of rotatable bonds is 2. The van der Waals surface area contributed by atoms with Gasteiger partial charge >= 0.3 is 0 Å². The maximum atomic E-state index is 5.89. The van der Waals surface area contributed by atoms with Crippen LogP contribution in [0.4, 0.5) is 5.82 Å². The molecule has 3 aromatic rings. The van der Waals surface area contributed by atoms with Gasteiger partial charge in [0.2, 0.25) is 0 Å². The van der Waals surface area contributed by atoms with E-state index in [1.807, 2.05) is 23.7 Å². The molecule has 0 saturated carbocycles. The monoisotopic (exact) mass is 253 g/mol. The van der Waals surface area contributed by atoms with Gasteiger partial charge in [0.25, 0.3) is 0 Å². The Bertz CT molecular complexity index is 745. The molecule has 0 amide bonds. The minimum Gasteiger partial charge on any atom is -0.383 e. The summed E-state index contributed by atoms with van der Waals surface area (Å²) in [5.41, 5.74) is 9.14. The first-order valence-corrected chi connectivity index (χ1v) is 6.15. The summed E-state index contributed by atoms with van der Waals surface area (Å²) in [6, 6.07) is 8.25. The van der Waals surface area contributed by atoms with Gasteiger partial charge in [-0.25, -0.2) is 14.6 Å². The number of aryl methyl sites for hydroxylation is 2. The van der Waals surface area contributed by atoms with Crippen LogP contribution in [0.25, 0.3) is 11.0 Å². The van der Waals surface area contributed by atoms with Crippen LogP contribution in [-0.4, -0.2) is 19.7 Å². The van der Waals surface area contributed by atoms with Crippen molar-refractivity contribution in [1.82, 2.24) is 19.7 Å². The molecule has 0 unspecified atom stereocenters. The molecule has 0 radical (unpaired) electrons. The average Bonchev–Trinajstić information content (AvgIpc) is 2.76. The predicted octanol–water partition coefficient (Wildman–Crippen LogP) is 2.07. The number of nitrogens with zero attached hydrogens (tertiary/aromatic N) is 4. The lowest BCUT2D eigenvalue weighted by atomic mass is 10.1. The summed E-state index contributed by atoms with van der Waals surface area (Å²) in [7, 11) is 0. The molecular weight excluding hydrogens is 238 g/mol. The van der Waals surface area contributed by atoms with Crippen molar-refractivity contribution < 1.29 is 0 Å². The van der Waals surface area contributed by atoms with E-state index in [1.165, 1.54) is 11.1 Å². The molecule has 1 aromatic carbocycles. The van der Waals surface area contributed by atoms with Crippen LogP contribution in [0.5, 0.6) is 0 Å². The Hall–Kier alpha value is -2.43. The Morgan fingerprint density at radius 1 is 1.16 bits per heavy atom. The van der Waals surface area contributed by atoms with Crippen LogP contribution < -0.4 is 5.73 Å². The summed E-state index contributed by atoms with van der Waals surface area (Å²) in [4.78, 5) is 8.58. The van der Waals surface area contributed by atoms with Crippen molar-refractivity contribution in [2.75, 3.05) is 5.73 Å². The number of anilines is 1. The first kappa shape index (κ1) is 11.6. The Morgan fingerprint density at radius 2 is 1.95 bits per heavy atom. The van der Waals surface area contributed by atoms with Gasteiger partial charge in [0.15, 0.2) is 5.65 Å². The molecule has 2 N–H and O–H groups in total. The Morgan fingerprint density at radius 3 is 2.74 bits per heavy atom. The highest BCUT2D eigenvalue weighted by Gasteiger charge is 2.10. The summed E-state index contributed by atoms with van der Waals surface area (Å²) in [6.45, 7) is 4.61. The Kier molecular flexibility index (Phi) is 2.67. The van der Waals surface area contributed by atoms with Crippen LogP contribution in [-0.2, 0) is 6.54 Å². The summed E-state index contributed by atoms with van der Waals surface area (Å²) >= 11 is 0. The fraction of sp³-hybridized carbons (Fsp3) is 0.214. The number of nitrogens with two attached hydrogens (primary N) is 1. The molecular formula is C14H15N5. The maximum absolute atomic E-state index is 5.89. The summed E-state index contributed by atoms with van der Waals surface area (Å²) < 4.78 is 1.86. The van der Waals surface area contributed by atoms with Crippen LogP contribution in [0.15, 0.2) is 30.5 Å². The lowest BCUT2D eigenvalue weighted by molar-refractivity contribution is 0.699. The fourth-order valence-corrected chi connectivity index (χ4v) is 2.15. The second-order valence-corrected chi connectivity index (χ2v) is 4.62. The van der Waals surface area contributed by atoms with Gasteiger partial charge in [-0.2, -0.15) is 5.10 Å². The van der Waals surface area contributed by atoms with Gasteiger partial charge in [-0.1, -0.05) is 24.3 Å². The topological polar surface area (TPSA) is 69.6 Å². The molecule has 96 valence electrons. The van der Waals surface area contributed by atoms with E-state index in [4.69, 9.17) is 5.73 Å². The highest BCUT2D eigenvalue weighted by Crippen LogP contribution is 2.18. The zero-order valence-electron chi connectivity index (χ0n) is 11.0. The van der Waals surface area contributed by atoms with Crippen molar-refractivity contribution >= 4 is 16.9 Å². The van der Waals surface area contributed by atoms with Gasteiger partial charge in [0, 0.05) is 0 Å². The van der Waals surface area contributed by atoms with Crippen LogP contribution >= 0.6 is 0 Å². The van der Waals surface area contributed by atoms with Crippen molar-refractivity contribution in [3.63, 3.8) is 0 Å². The largest absolute Gasteiger partial charge is 0.383 e. The van der Waals surface area contributed by atoms with Crippen molar-refractivity contribution in [2.24, 2.45) is 0 Å². The van der Waals surface area contributed by atoms with Crippen LogP contribution in [0.2, 0.25) is 0 Å². The first-order valence-electron chi connectivity index (χ1n) is 6.15. The second-order valence-electron chi connectivity index (χ2n) is 4.62. The maximum Gasteiger partial charge on any atom is 0.163 e. The van der Waals surface area contributed by atoms with Crippen molar-refractivity contribution in [3.05, 3.63) is 47.4 Å². The average molecular weight is 253 g/mol. The summed E-state index contributed by atoms with van der Waals surface area (Å²) in [5.74, 6) is 1.15. The molecule has 0 aliphatic heterocycles. The van der Waals surface area contributed by atoms with E-state index in [0.717, 1.165) is 11.0 Å². The smallest absolute Gasteiger partial charge is 0.163 e. The molecule has 0 saturated heterocycles. The standard InChI is InChI=1S/C14H15N5/c1-9-5-3-4-6-11(9)8-19-14-12(7-16-19)13(15)17-10(2)18-14/h3-7H,8H2,1-2H3,(H2,15,17,18). The third-order valence-corrected chi connectivity index (χ3v) is 3.22. The zero-order valence-corrected chi connectivity index (χ0v) is 11.0. The highest BCUT2D eigenvalue weighted by atomic mass is 15.3. The second kappa shape index (κ2) is 4.35. The number of benzene rings is 1. The number of hydrogen-bond acceptors (Lipinski definition) is 4. The van der Waals surface area contributed by atoms with Crippen LogP contribution in [0, 0.1) is 13.8 Å². The Balaban J connectivity index is 2.09. The van der Waals surface area contributed by atoms with Crippen molar-refractivity contribution in [2.45, 2.75) is 20.4 Å². The van der Waals surface area contributed by atoms with E-state index in [-0.39, 0.29) is 0 Å². The minimum atomic E-state index is 0.485. The molecule has 5 nitrogen and oxygen atoms in total. The van der Waals surface area contributed by atoms with Crippen LogP contribution in [0.3, 0.4) is 0 Å². The third-order valence-electron chi connectivity index (χ3n) is 3.22. The zero-order chi connectivity index (χ0) is 13.4. The molecule has 0 spiro atoms. The molecule has 2 aromatic heterocycles. The molecule has 0 bridgehead atoms. The number of hydrogen-bond donors (Lipinski definition) is 1. The molecule has 0 aliphatic carbocycles. The van der Waals surface area contributed by atoms with E-state index < -0.39 is 0 Å². The number of aromatic nitrogens is 4. The molecule has 0 aliphatic rings. The van der Waals surface area contributed by atoms with Gasteiger partial charge in [-0.15, -0.1) is 0 Å². The van der Waals surface area contributed by atoms with Crippen molar-refractivity contribution in [3.8, 4) is 0 Å². The Labute approximate surface area is 111 Å². The number of fused-ring (bicyclic) bond motifs is 1. The van der Waals surface area contributed by atoms with E-state index in [0.29, 0.717) is 18.2 Å². The van der Waals surface area contributed by atoms with E-state index >= 15 is 0 Å². The van der Waals surface area contributed by atoms with Crippen molar-refractivity contribution in [1.29, 1.82) is 0 Å². The molecule has 3 rings (SSSR count). The lowest BCUT2D eigenvalue weighted by Crippen LogP contribution is -2.05. The van der Waals surface area contributed by atoms with Gasteiger partial charge in [-0.05, 0) is 25.0 Å². The molecule has 0 fully saturated rings. The normalized spacial score (nSPS) is 11.1. The lowest BCUT2D eigenvalue weighted by Gasteiger charge is -2.07. The predicted molar refractivity (Wildman–Crippen MR) is 74.8 cm³/mol. The van der Waals surface area contributed by atoms with Crippen LogP contribution in [0.1, 0.15) is 17.0 Å². The highest BCUT2D eigenvalue weighted by molar-refractivity contribution is 5.85. The molecule has 5 heteroatoms. The SMILES string of the molecule is Cc1nc(N)c2cnn(Cc3ccccc3C)c2n1. The summed E-state index contributed by atoms with van der Waals surface area (Å²) in [5, 5.41) is 5.17. The van der Waals surface area contributed by atoms with Gasteiger partial charge in [0.05, 0.1) is 18.1 Å². The van der Waals surface area contributed by atoms with E-state index in [1.54, 1.807) is 6.20 Å². The van der Waals surface area contributed by atoms with E-state index in [2.05, 4.69) is 34.1 Å². The molecule has 2 heterocycles. The first-order chi connectivity index (χ1) is 9.15. The molecule has 0 atom stereocenters. The third kappa shape index (κ3) is 2.03. The quantitative estimate of drug-likeness (QED) is 0.759. The van der Waals surface area contributed by atoms with E-state index in [9.17, 15) is 0 Å². The van der Waals surface area contributed by atoms with Gasteiger partial charge in [0.1, 0.15) is 11.6 Å². The minimum absolute atomic E-state index is 0.485.